The predicted octanol–water partition coefficient (Wildman–Crippen LogP) is 2.89. The van der Waals surface area contributed by atoms with Crippen molar-refractivity contribution in [1.82, 2.24) is 10.3 Å². The smallest absolute Gasteiger partial charge is 0.340 e. The zero-order chi connectivity index (χ0) is 20.2. The van der Waals surface area contributed by atoms with Crippen LogP contribution in [0.4, 0.5) is 17.6 Å². The Morgan fingerprint density at radius 2 is 2.07 bits per heavy atom. The van der Waals surface area contributed by atoms with Gasteiger partial charge in [-0.2, -0.15) is 8.78 Å². The first-order valence-corrected chi connectivity index (χ1v) is 7.46. The molecule has 0 aromatic carbocycles. The fraction of sp³-hybridized carbons (Fsp3) is 0.312. The van der Waals surface area contributed by atoms with E-state index in [1.807, 2.05) is 0 Å². The fourth-order valence-electron chi connectivity index (χ4n) is 1.95. The molecule has 2 aromatic rings. The first-order valence-electron chi connectivity index (χ1n) is 7.46. The molecule has 0 radical (unpaired) electrons. The maximum absolute atomic E-state index is 12.8. The van der Waals surface area contributed by atoms with E-state index < -0.39 is 30.8 Å². The van der Waals surface area contributed by atoms with Crippen molar-refractivity contribution in [2.75, 3.05) is 6.61 Å². The van der Waals surface area contributed by atoms with Crippen molar-refractivity contribution in [2.45, 2.75) is 25.8 Å². The number of aromatic carboxylic acids is 1. The van der Waals surface area contributed by atoms with Gasteiger partial charge in [0.05, 0.1) is 12.1 Å². The number of carboxylic acids is 1. The van der Waals surface area contributed by atoms with E-state index in [0.717, 1.165) is 12.3 Å². The Labute approximate surface area is 149 Å². The van der Waals surface area contributed by atoms with E-state index in [-0.39, 0.29) is 35.1 Å². The average molecular weight is 390 g/mol. The van der Waals surface area contributed by atoms with Crippen molar-refractivity contribution >= 4 is 11.9 Å². The highest BCUT2D eigenvalue weighted by molar-refractivity contribution is 5.94. The van der Waals surface area contributed by atoms with Crippen LogP contribution in [0.25, 0.3) is 0 Å². The number of aromatic nitrogens is 1. The minimum absolute atomic E-state index is 0.0250. The standard InChI is InChI=1S/C16H14F4N2O5/c1-8-11(14(24)25)4-10(27-8)6-22-13(23)9-2-3-12(21-5-9)26-7-16(19,20)15(17)18/h2-5,15H,6-7H2,1H3,(H,22,23)(H,24,25). The SMILES string of the molecule is Cc1oc(CNC(=O)c2ccc(OCC(F)(F)C(F)F)nc2)cc1C(=O)O. The molecule has 0 saturated heterocycles. The van der Waals surface area contributed by atoms with Gasteiger partial charge in [-0.15, -0.1) is 0 Å². The van der Waals surface area contributed by atoms with Crippen molar-refractivity contribution in [3.8, 4) is 5.88 Å². The van der Waals surface area contributed by atoms with Crippen LogP contribution >= 0.6 is 0 Å². The lowest BCUT2D eigenvalue weighted by Crippen LogP contribution is -2.33. The molecule has 0 aliphatic carbocycles. The largest absolute Gasteiger partial charge is 0.478 e. The summed E-state index contributed by atoms with van der Waals surface area (Å²) >= 11 is 0. The third kappa shape index (κ3) is 5.19. The Hall–Kier alpha value is -3.11. The summed E-state index contributed by atoms with van der Waals surface area (Å²) in [6, 6.07) is 3.56. The maximum Gasteiger partial charge on any atom is 0.340 e. The van der Waals surface area contributed by atoms with Gasteiger partial charge in [-0.1, -0.05) is 0 Å². The van der Waals surface area contributed by atoms with Crippen LogP contribution in [0.1, 0.15) is 32.2 Å². The minimum Gasteiger partial charge on any atom is -0.478 e. The van der Waals surface area contributed by atoms with Crippen molar-refractivity contribution in [3.63, 3.8) is 0 Å². The molecule has 2 heterocycles. The van der Waals surface area contributed by atoms with Gasteiger partial charge in [0.2, 0.25) is 5.88 Å². The molecule has 0 spiro atoms. The Morgan fingerprint density at radius 3 is 2.59 bits per heavy atom. The summed E-state index contributed by atoms with van der Waals surface area (Å²) in [5, 5.41) is 11.4. The van der Waals surface area contributed by atoms with Gasteiger partial charge in [0.25, 0.3) is 5.91 Å². The number of carbonyl (C=O) groups excluding carboxylic acids is 1. The van der Waals surface area contributed by atoms with Gasteiger partial charge in [0.1, 0.15) is 17.1 Å². The second-order valence-electron chi connectivity index (χ2n) is 5.41. The molecular formula is C16H14F4N2O5. The van der Waals surface area contributed by atoms with E-state index in [4.69, 9.17) is 9.52 Å². The van der Waals surface area contributed by atoms with Gasteiger partial charge in [-0.05, 0) is 19.1 Å². The zero-order valence-electron chi connectivity index (χ0n) is 13.8. The van der Waals surface area contributed by atoms with Crippen LogP contribution in [0.5, 0.6) is 5.88 Å². The van der Waals surface area contributed by atoms with Crippen LogP contribution in [0.2, 0.25) is 0 Å². The number of furan rings is 1. The number of nitrogens with one attached hydrogen (secondary N) is 1. The summed E-state index contributed by atoms with van der Waals surface area (Å²) in [5.41, 5.74) is 0.0210. The second-order valence-corrected chi connectivity index (χ2v) is 5.41. The van der Waals surface area contributed by atoms with E-state index in [2.05, 4.69) is 15.0 Å². The Bertz CT molecular complexity index is 821. The molecule has 0 aliphatic rings. The highest BCUT2D eigenvalue weighted by Gasteiger charge is 2.41. The normalized spacial score (nSPS) is 11.5. The quantitative estimate of drug-likeness (QED) is 0.672. The van der Waals surface area contributed by atoms with Crippen LogP contribution in [-0.2, 0) is 6.54 Å². The van der Waals surface area contributed by atoms with E-state index >= 15 is 0 Å². The number of carboxylic acid groups (broad SMARTS) is 1. The summed E-state index contributed by atoms with van der Waals surface area (Å²) in [5.74, 6) is -6.01. The maximum atomic E-state index is 12.8. The van der Waals surface area contributed by atoms with Crippen molar-refractivity contribution in [1.29, 1.82) is 0 Å². The van der Waals surface area contributed by atoms with Crippen LogP contribution in [0, 0.1) is 6.92 Å². The number of hydrogen-bond acceptors (Lipinski definition) is 5. The van der Waals surface area contributed by atoms with E-state index in [1.54, 1.807) is 0 Å². The number of amides is 1. The number of rotatable bonds is 8. The van der Waals surface area contributed by atoms with Crippen molar-refractivity contribution < 1.29 is 41.4 Å². The first-order chi connectivity index (χ1) is 12.6. The minimum atomic E-state index is -4.31. The Kier molecular flexibility index (Phi) is 6.03. The third-order valence-electron chi connectivity index (χ3n) is 3.35. The van der Waals surface area contributed by atoms with Gasteiger partial charge >= 0.3 is 18.3 Å². The van der Waals surface area contributed by atoms with Gasteiger partial charge in [-0.3, -0.25) is 4.79 Å². The molecule has 146 valence electrons. The number of alkyl halides is 4. The molecule has 0 bridgehead atoms. The highest BCUT2D eigenvalue weighted by Crippen LogP contribution is 2.23. The van der Waals surface area contributed by atoms with Gasteiger partial charge in [0, 0.05) is 12.3 Å². The number of aryl methyl sites for hydroxylation is 1. The van der Waals surface area contributed by atoms with Crippen LogP contribution < -0.4 is 10.1 Å². The molecule has 1 amide bonds. The molecule has 2 rings (SSSR count). The molecule has 0 fully saturated rings. The number of pyridine rings is 1. The number of halogens is 4. The van der Waals surface area contributed by atoms with Gasteiger partial charge in [0.15, 0.2) is 6.61 Å². The first kappa shape index (κ1) is 20.2. The second kappa shape index (κ2) is 8.06. The molecule has 0 aliphatic heterocycles. The monoisotopic (exact) mass is 390 g/mol. The predicted molar refractivity (Wildman–Crippen MR) is 82.3 cm³/mol. The van der Waals surface area contributed by atoms with E-state index in [0.29, 0.717) is 0 Å². The average Bonchev–Trinajstić information content (AvgIpc) is 2.99. The van der Waals surface area contributed by atoms with Gasteiger partial charge < -0.3 is 19.6 Å². The molecule has 7 nitrogen and oxygen atoms in total. The molecular weight excluding hydrogens is 376 g/mol. The Balaban J connectivity index is 1.92. The molecule has 0 atom stereocenters. The van der Waals surface area contributed by atoms with E-state index in [9.17, 15) is 27.2 Å². The number of carbonyl (C=O) groups is 2. The van der Waals surface area contributed by atoms with Crippen molar-refractivity contribution in [3.05, 3.63) is 47.0 Å². The van der Waals surface area contributed by atoms with Crippen molar-refractivity contribution in [2.24, 2.45) is 0 Å². The molecule has 27 heavy (non-hydrogen) atoms. The van der Waals surface area contributed by atoms with E-state index in [1.165, 1.54) is 19.1 Å². The third-order valence-corrected chi connectivity index (χ3v) is 3.35. The number of nitrogens with zero attached hydrogens (tertiary/aromatic N) is 1. The lowest BCUT2D eigenvalue weighted by molar-refractivity contribution is -0.148. The van der Waals surface area contributed by atoms with Crippen LogP contribution in [0.15, 0.2) is 28.8 Å². The molecule has 0 unspecified atom stereocenters. The Morgan fingerprint density at radius 1 is 1.37 bits per heavy atom. The number of hydrogen-bond donors (Lipinski definition) is 2. The lowest BCUT2D eigenvalue weighted by atomic mass is 10.2. The topological polar surface area (TPSA) is 102 Å². The summed E-state index contributed by atoms with van der Waals surface area (Å²) in [6.07, 6.45) is -2.85. The number of ether oxygens (including phenoxy) is 1. The highest BCUT2D eigenvalue weighted by atomic mass is 19.3. The summed E-state index contributed by atoms with van der Waals surface area (Å²) < 4.78 is 59.3. The molecule has 2 N–H and O–H groups in total. The fourth-order valence-corrected chi connectivity index (χ4v) is 1.95. The van der Waals surface area contributed by atoms with Crippen LogP contribution in [0.3, 0.4) is 0 Å². The molecule has 11 heteroatoms. The molecule has 0 saturated carbocycles. The summed E-state index contributed by atoms with van der Waals surface area (Å²) in [7, 11) is 0. The van der Waals surface area contributed by atoms with Crippen LogP contribution in [-0.4, -0.2) is 40.9 Å². The molecule has 2 aromatic heterocycles. The lowest BCUT2D eigenvalue weighted by Gasteiger charge is -2.15. The summed E-state index contributed by atoms with van der Waals surface area (Å²) in [4.78, 5) is 26.5. The zero-order valence-corrected chi connectivity index (χ0v) is 13.8. The van der Waals surface area contributed by atoms with Gasteiger partial charge in [-0.25, -0.2) is 18.6 Å². The summed E-state index contributed by atoms with van der Waals surface area (Å²) in [6.45, 7) is -0.173.